The van der Waals surface area contributed by atoms with Gasteiger partial charge in [0.05, 0.1) is 12.2 Å². The highest BCUT2D eigenvalue weighted by Gasteiger charge is 2.41. The lowest BCUT2D eigenvalue weighted by atomic mass is 9.72. The normalized spacial score (nSPS) is 14.3. The lowest BCUT2D eigenvalue weighted by Gasteiger charge is -2.43. The van der Waals surface area contributed by atoms with E-state index >= 15 is 0 Å². The van der Waals surface area contributed by atoms with Crippen LogP contribution in [0, 0.1) is 17.2 Å². The number of thiocarbonyl (C=S) groups is 1. The minimum atomic E-state index is -1.06. The lowest BCUT2D eigenvalue weighted by molar-refractivity contribution is -0.00631. The Labute approximate surface area is 206 Å². The van der Waals surface area contributed by atoms with Gasteiger partial charge >= 0.3 is 0 Å². The predicted molar refractivity (Wildman–Crippen MR) is 139 cm³/mol. The van der Waals surface area contributed by atoms with Gasteiger partial charge in [-0.05, 0) is 67.2 Å². The van der Waals surface area contributed by atoms with Gasteiger partial charge in [0.25, 0.3) is 0 Å². The maximum absolute atomic E-state index is 12.1. The van der Waals surface area contributed by atoms with Crippen LogP contribution in [0.3, 0.4) is 0 Å². The largest absolute Gasteiger partial charge is 0.492 e. The number of nitrogens with one attached hydrogen (secondary N) is 1. The van der Waals surface area contributed by atoms with Crippen molar-refractivity contribution in [3.63, 3.8) is 0 Å². The quantitative estimate of drug-likeness (QED) is 0.476. The van der Waals surface area contributed by atoms with Gasteiger partial charge in [-0.2, -0.15) is 5.26 Å². The number of hydrogen-bond acceptors (Lipinski definition) is 4. The van der Waals surface area contributed by atoms with Crippen LogP contribution >= 0.6 is 12.2 Å². The zero-order chi connectivity index (χ0) is 24.0. The van der Waals surface area contributed by atoms with Gasteiger partial charge in [0.1, 0.15) is 17.4 Å². The molecule has 0 spiro atoms. The number of likely N-dealkylation sites (tertiary alicyclic amines) is 1. The molecule has 0 radical (unpaired) electrons. The lowest BCUT2D eigenvalue weighted by Crippen LogP contribution is -2.47. The van der Waals surface area contributed by atoms with Crippen LogP contribution < -0.4 is 10.1 Å². The Morgan fingerprint density at radius 2 is 1.65 bits per heavy atom. The van der Waals surface area contributed by atoms with Crippen LogP contribution in [0.1, 0.15) is 36.5 Å². The van der Waals surface area contributed by atoms with Crippen molar-refractivity contribution in [2.45, 2.75) is 25.4 Å². The molecule has 0 atom stereocenters. The van der Waals surface area contributed by atoms with E-state index in [0.717, 1.165) is 42.7 Å². The first-order valence-corrected chi connectivity index (χ1v) is 12.0. The molecular formula is C28H29N3O2S. The van der Waals surface area contributed by atoms with Crippen molar-refractivity contribution >= 4 is 23.0 Å². The molecule has 174 valence electrons. The Kier molecular flexibility index (Phi) is 7.46. The molecule has 0 saturated carbocycles. The zero-order valence-electron chi connectivity index (χ0n) is 19.3. The molecule has 1 heterocycles. The number of hydrogen-bond donors (Lipinski definition) is 2. The summed E-state index contributed by atoms with van der Waals surface area (Å²) in [6.07, 6.45) is 1.60. The van der Waals surface area contributed by atoms with Crippen LogP contribution in [0.2, 0.25) is 0 Å². The molecule has 0 aromatic heterocycles. The first-order chi connectivity index (χ1) is 16.6. The van der Waals surface area contributed by atoms with Crippen LogP contribution in [-0.4, -0.2) is 34.8 Å². The summed E-state index contributed by atoms with van der Waals surface area (Å²) in [5.74, 6) is 0.635. The van der Waals surface area contributed by atoms with Crippen LogP contribution in [0.25, 0.3) is 0 Å². The summed E-state index contributed by atoms with van der Waals surface area (Å²) in [5, 5.41) is 25.4. The second-order valence-electron chi connectivity index (χ2n) is 8.45. The van der Waals surface area contributed by atoms with Crippen LogP contribution in [0.15, 0.2) is 78.9 Å². The number of rotatable bonds is 6. The molecule has 1 saturated heterocycles. The molecule has 0 amide bonds. The first-order valence-electron chi connectivity index (χ1n) is 11.6. The minimum Gasteiger partial charge on any atom is -0.492 e. The van der Waals surface area contributed by atoms with E-state index in [2.05, 4.69) is 16.3 Å². The average Bonchev–Trinajstić information content (AvgIpc) is 2.90. The fourth-order valence-electron chi connectivity index (χ4n) is 4.70. The maximum atomic E-state index is 12.1. The van der Waals surface area contributed by atoms with Gasteiger partial charge in [0, 0.05) is 18.8 Å². The van der Waals surface area contributed by atoms with E-state index in [4.69, 9.17) is 17.0 Å². The highest BCUT2D eigenvalue weighted by Crippen LogP contribution is 2.42. The third-order valence-corrected chi connectivity index (χ3v) is 6.81. The van der Waals surface area contributed by atoms with Crippen LogP contribution in [-0.2, 0) is 5.60 Å². The molecule has 4 rings (SSSR count). The summed E-state index contributed by atoms with van der Waals surface area (Å²) >= 11 is 5.68. The summed E-state index contributed by atoms with van der Waals surface area (Å²) in [6, 6.07) is 27.5. The van der Waals surface area contributed by atoms with Crippen molar-refractivity contribution in [3.8, 4) is 11.8 Å². The molecule has 1 fully saturated rings. The van der Waals surface area contributed by atoms with Crippen molar-refractivity contribution < 1.29 is 9.84 Å². The van der Waals surface area contributed by atoms with E-state index in [0.29, 0.717) is 23.0 Å². The van der Waals surface area contributed by atoms with Crippen molar-refractivity contribution in [3.05, 3.63) is 95.6 Å². The van der Waals surface area contributed by atoms with Gasteiger partial charge in [0.15, 0.2) is 5.11 Å². The zero-order valence-corrected chi connectivity index (χ0v) is 20.1. The van der Waals surface area contributed by atoms with Gasteiger partial charge in [-0.3, -0.25) is 0 Å². The Hall–Kier alpha value is -3.40. The highest BCUT2D eigenvalue weighted by atomic mass is 32.1. The number of anilines is 1. The maximum Gasteiger partial charge on any atom is 0.173 e. The van der Waals surface area contributed by atoms with E-state index in [9.17, 15) is 10.4 Å². The molecule has 3 aromatic rings. The third-order valence-electron chi connectivity index (χ3n) is 6.45. The smallest absolute Gasteiger partial charge is 0.173 e. The highest BCUT2D eigenvalue weighted by molar-refractivity contribution is 7.80. The summed E-state index contributed by atoms with van der Waals surface area (Å²) in [5.41, 5.74) is 2.01. The predicted octanol–water partition coefficient (Wildman–Crippen LogP) is 5.30. The fourth-order valence-corrected chi connectivity index (χ4v) is 5.00. The van der Waals surface area contributed by atoms with Crippen molar-refractivity contribution in [2.75, 3.05) is 25.0 Å². The second kappa shape index (κ2) is 10.7. The molecule has 5 nitrogen and oxygen atoms in total. The molecule has 34 heavy (non-hydrogen) atoms. The standard InChI is InChI=1S/C28H29N3O2S/c1-2-33-26-14-13-25(19-21(26)20-29)30-27(34)31-17-15-24(16-18-31)28(32,22-9-5-3-6-10-22)23-11-7-4-8-12-23/h3-14,19,24,32H,2,15-18H2,1H3,(H,30,34). The number of piperidine rings is 1. The molecule has 2 N–H and O–H groups in total. The van der Waals surface area contributed by atoms with Crippen molar-refractivity contribution in [2.24, 2.45) is 5.92 Å². The average molecular weight is 472 g/mol. The van der Waals surface area contributed by atoms with E-state index in [1.54, 1.807) is 12.1 Å². The molecule has 3 aromatic carbocycles. The number of benzene rings is 3. The molecule has 1 aliphatic rings. The summed E-state index contributed by atoms with van der Waals surface area (Å²) in [6.45, 7) is 3.87. The second-order valence-corrected chi connectivity index (χ2v) is 8.83. The molecule has 1 aliphatic heterocycles. The molecule has 6 heteroatoms. The summed E-state index contributed by atoms with van der Waals surface area (Å²) in [4.78, 5) is 2.13. The SMILES string of the molecule is CCOc1ccc(NC(=S)N2CCC(C(O)(c3ccccc3)c3ccccc3)CC2)cc1C#N. The van der Waals surface area contributed by atoms with Gasteiger partial charge in [-0.15, -0.1) is 0 Å². The number of nitrogens with zero attached hydrogens (tertiary/aromatic N) is 2. The fraction of sp³-hybridized carbons (Fsp3) is 0.286. The van der Waals surface area contributed by atoms with Crippen molar-refractivity contribution in [1.82, 2.24) is 4.90 Å². The Bertz CT molecular complexity index is 1110. The van der Waals surface area contributed by atoms with Gasteiger partial charge in [0.2, 0.25) is 0 Å². The third kappa shape index (κ3) is 4.91. The van der Waals surface area contributed by atoms with E-state index in [1.165, 1.54) is 0 Å². The van der Waals surface area contributed by atoms with Gasteiger partial charge < -0.3 is 20.1 Å². The summed E-state index contributed by atoms with van der Waals surface area (Å²) < 4.78 is 5.50. The Morgan fingerprint density at radius 1 is 1.06 bits per heavy atom. The first kappa shape index (κ1) is 23.7. The molecule has 0 aliphatic carbocycles. The van der Waals surface area contributed by atoms with Crippen LogP contribution in [0.4, 0.5) is 5.69 Å². The molecular weight excluding hydrogens is 442 g/mol. The van der Waals surface area contributed by atoms with Gasteiger partial charge in [-0.25, -0.2) is 0 Å². The number of aliphatic hydroxyl groups is 1. The van der Waals surface area contributed by atoms with E-state index in [-0.39, 0.29) is 5.92 Å². The number of ether oxygens (including phenoxy) is 1. The topological polar surface area (TPSA) is 68.5 Å². The van der Waals surface area contributed by atoms with Gasteiger partial charge in [-0.1, -0.05) is 60.7 Å². The minimum absolute atomic E-state index is 0.0621. The van der Waals surface area contributed by atoms with Crippen molar-refractivity contribution in [1.29, 1.82) is 5.26 Å². The number of nitriles is 1. The monoisotopic (exact) mass is 471 g/mol. The molecule has 0 bridgehead atoms. The molecule has 0 unspecified atom stereocenters. The Balaban J connectivity index is 1.47. The van der Waals surface area contributed by atoms with Crippen LogP contribution in [0.5, 0.6) is 5.75 Å². The Morgan fingerprint density at radius 3 is 2.18 bits per heavy atom. The summed E-state index contributed by atoms with van der Waals surface area (Å²) in [7, 11) is 0. The van der Waals surface area contributed by atoms with E-state index < -0.39 is 5.60 Å². The van der Waals surface area contributed by atoms with E-state index in [1.807, 2.05) is 73.7 Å².